The lowest BCUT2D eigenvalue weighted by Gasteiger charge is -2.10. The van der Waals surface area contributed by atoms with Crippen LogP contribution in [-0.2, 0) is 0 Å². The molecule has 0 aliphatic heterocycles. The number of hydrogen-bond acceptors (Lipinski definition) is 4. The van der Waals surface area contributed by atoms with E-state index in [2.05, 4.69) is 20.6 Å². The Bertz CT molecular complexity index is 981. The lowest BCUT2D eigenvalue weighted by molar-refractivity contribution is 0.102. The van der Waals surface area contributed by atoms with Gasteiger partial charge in [-0.1, -0.05) is 17.7 Å². The molecule has 8 heteroatoms. The summed E-state index contributed by atoms with van der Waals surface area (Å²) in [6.45, 7) is 1.78. The third-order valence-corrected chi connectivity index (χ3v) is 4.02. The molecule has 0 aliphatic rings. The van der Waals surface area contributed by atoms with Gasteiger partial charge in [0.15, 0.2) is 0 Å². The number of carbonyl (C=O) groups is 1. The molecule has 132 valence electrons. The van der Waals surface area contributed by atoms with Crippen LogP contribution in [0.15, 0.2) is 48.8 Å². The second-order valence-electron chi connectivity index (χ2n) is 5.40. The van der Waals surface area contributed by atoms with Crippen LogP contribution in [0.5, 0.6) is 0 Å². The van der Waals surface area contributed by atoms with Crippen LogP contribution in [0.2, 0.25) is 5.02 Å². The first kappa shape index (κ1) is 17.8. The molecule has 2 aromatic carbocycles. The maximum Gasteiger partial charge on any atom is 0.274 e. The largest absolute Gasteiger partial charge is 0.338 e. The Balaban J connectivity index is 1.80. The van der Waals surface area contributed by atoms with Gasteiger partial charge in [-0.05, 0) is 36.8 Å². The fourth-order valence-electron chi connectivity index (χ4n) is 2.21. The number of nitrogens with zero attached hydrogens (tertiary/aromatic N) is 2. The van der Waals surface area contributed by atoms with Crippen LogP contribution in [0.4, 0.5) is 26.0 Å². The molecule has 0 unspecified atom stereocenters. The summed E-state index contributed by atoms with van der Waals surface area (Å²) in [5.74, 6) is -1.74. The number of nitrogens with one attached hydrogen (secondary N) is 2. The third-order valence-electron chi connectivity index (χ3n) is 3.61. The zero-order valence-electron chi connectivity index (χ0n) is 13.6. The van der Waals surface area contributed by atoms with Gasteiger partial charge in [0, 0.05) is 22.8 Å². The molecule has 0 radical (unpaired) electrons. The molecule has 0 aliphatic carbocycles. The Hall–Kier alpha value is -3.06. The van der Waals surface area contributed by atoms with Crippen molar-refractivity contribution in [1.82, 2.24) is 9.97 Å². The van der Waals surface area contributed by atoms with Gasteiger partial charge >= 0.3 is 0 Å². The number of hydrogen-bond donors (Lipinski definition) is 2. The van der Waals surface area contributed by atoms with Crippen molar-refractivity contribution in [3.8, 4) is 0 Å². The minimum absolute atomic E-state index is 0.0298. The Labute approximate surface area is 153 Å². The maximum atomic E-state index is 13.7. The Kier molecular flexibility index (Phi) is 5.09. The van der Waals surface area contributed by atoms with Gasteiger partial charge < -0.3 is 10.6 Å². The van der Waals surface area contributed by atoms with Crippen LogP contribution >= 0.6 is 11.6 Å². The normalized spacial score (nSPS) is 10.5. The summed E-state index contributed by atoms with van der Waals surface area (Å²) in [5, 5.41) is 5.92. The van der Waals surface area contributed by atoms with Crippen LogP contribution in [0.25, 0.3) is 0 Å². The molecular weight excluding hydrogens is 362 g/mol. The minimum Gasteiger partial charge on any atom is -0.338 e. The van der Waals surface area contributed by atoms with Crippen molar-refractivity contribution >= 4 is 34.7 Å². The molecule has 0 saturated heterocycles. The van der Waals surface area contributed by atoms with Crippen molar-refractivity contribution in [2.75, 3.05) is 10.6 Å². The summed E-state index contributed by atoms with van der Waals surface area (Å²) in [6, 6.07) is 9.61. The molecule has 2 N–H and O–H groups in total. The van der Waals surface area contributed by atoms with Gasteiger partial charge in [-0.3, -0.25) is 4.79 Å². The molecule has 1 amide bonds. The van der Waals surface area contributed by atoms with Gasteiger partial charge in [0.2, 0.25) is 0 Å². The fraction of sp³-hybridized carbons (Fsp3) is 0.0556. The lowest BCUT2D eigenvalue weighted by Crippen LogP contribution is -2.15. The molecule has 3 rings (SSSR count). The zero-order valence-corrected chi connectivity index (χ0v) is 14.3. The molecule has 0 atom stereocenters. The van der Waals surface area contributed by atoms with E-state index in [9.17, 15) is 13.6 Å². The average molecular weight is 375 g/mol. The van der Waals surface area contributed by atoms with E-state index < -0.39 is 17.5 Å². The number of benzene rings is 2. The van der Waals surface area contributed by atoms with Crippen LogP contribution in [0.1, 0.15) is 16.1 Å². The zero-order chi connectivity index (χ0) is 18.7. The van der Waals surface area contributed by atoms with Gasteiger partial charge in [0.1, 0.15) is 29.5 Å². The monoisotopic (exact) mass is 374 g/mol. The summed E-state index contributed by atoms with van der Waals surface area (Å²) in [4.78, 5) is 20.2. The molecule has 0 fully saturated rings. The van der Waals surface area contributed by atoms with E-state index in [-0.39, 0.29) is 17.2 Å². The Morgan fingerprint density at radius 3 is 2.65 bits per heavy atom. The molecule has 1 aromatic heterocycles. The highest BCUT2D eigenvalue weighted by Crippen LogP contribution is 2.24. The quantitative estimate of drug-likeness (QED) is 0.694. The van der Waals surface area contributed by atoms with Crippen molar-refractivity contribution in [3.63, 3.8) is 0 Å². The summed E-state index contributed by atoms with van der Waals surface area (Å²) < 4.78 is 26.7. The predicted octanol–water partition coefficient (Wildman–Crippen LogP) is 4.71. The first-order valence-electron chi connectivity index (χ1n) is 7.54. The van der Waals surface area contributed by atoms with Crippen LogP contribution in [0.3, 0.4) is 0 Å². The van der Waals surface area contributed by atoms with Gasteiger partial charge in [0.25, 0.3) is 5.91 Å². The van der Waals surface area contributed by atoms with Gasteiger partial charge in [0.05, 0.1) is 5.69 Å². The third kappa shape index (κ3) is 3.94. The smallest absolute Gasteiger partial charge is 0.274 e. The minimum atomic E-state index is -0.774. The highest BCUT2D eigenvalue weighted by Gasteiger charge is 2.12. The van der Waals surface area contributed by atoms with Crippen molar-refractivity contribution in [1.29, 1.82) is 0 Å². The number of rotatable bonds is 4. The number of anilines is 3. The molecule has 26 heavy (non-hydrogen) atoms. The number of amides is 1. The average Bonchev–Trinajstić information content (AvgIpc) is 2.61. The Morgan fingerprint density at radius 1 is 1.08 bits per heavy atom. The fourth-order valence-corrected chi connectivity index (χ4v) is 2.38. The summed E-state index contributed by atoms with van der Waals surface area (Å²) in [6.07, 6.45) is 1.17. The highest BCUT2D eigenvalue weighted by molar-refractivity contribution is 6.31. The molecule has 0 bridgehead atoms. The van der Waals surface area contributed by atoms with Gasteiger partial charge in [-0.2, -0.15) is 0 Å². The van der Waals surface area contributed by atoms with E-state index in [1.165, 1.54) is 18.5 Å². The van der Waals surface area contributed by atoms with Crippen LogP contribution < -0.4 is 10.6 Å². The molecule has 0 spiro atoms. The summed E-state index contributed by atoms with van der Waals surface area (Å²) in [5.41, 5.74) is 1.38. The Morgan fingerprint density at radius 2 is 1.88 bits per heavy atom. The van der Waals surface area contributed by atoms with Crippen molar-refractivity contribution < 1.29 is 13.6 Å². The number of aromatic nitrogens is 2. The number of halogens is 3. The van der Waals surface area contributed by atoms with Gasteiger partial charge in [-0.25, -0.2) is 18.7 Å². The topological polar surface area (TPSA) is 66.9 Å². The first-order chi connectivity index (χ1) is 12.4. The van der Waals surface area contributed by atoms with Gasteiger partial charge in [-0.15, -0.1) is 0 Å². The van der Waals surface area contributed by atoms with E-state index in [0.717, 1.165) is 17.7 Å². The maximum absolute atomic E-state index is 13.7. The number of carbonyl (C=O) groups excluding carboxylic acids is 1. The second kappa shape index (κ2) is 7.45. The van der Waals surface area contributed by atoms with E-state index in [1.54, 1.807) is 25.1 Å². The van der Waals surface area contributed by atoms with E-state index in [0.29, 0.717) is 10.7 Å². The van der Waals surface area contributed by atoms with Crippen molar-refractivity contribution in [2.24, 2.45) is 0 Å². The lowest BCUT2D eigenvalue weighted by atomic mass is 10.2. The van der Waals surface area contributed by atoms with Crippen LogP contribution in [0, 0.1) is 18.6 Å². The first-order valence-corrected chi connectivity index (χ1v) is 7.92. The highest BCUT2D eigenvalue weighted by atomic mass is 35.5. The predicted molar refractivity (Wildman–Crippen MR) is 95.8 cm³/mol. The second-order valence-corrected chi connectivity index (χ2v) is 5.81. The van der Waals surface area contributed by atoms with Crippen LogP contribution in [-0.4, -0.2) is 15.9 Å². The molecule has 3 aromatic rings. The van der Waals surface area contributed by atoms with Crippen molar-refractivity contribution in [3.05, 3.63) is 76.7 Å². The summed E-state index contributed by atoms with van der Waals surface area (Å²) in [7, 11) is 0. The van der Waals surface area contributed by atoms with Crippen molar-refractivity contribution in [2.45, 2.75) is 6.92 Å². The molecule has 5 nitrogen and oxygen atoms in total. The molecule has 0 saturated carbocycles. The summed E-state index contributed by atoms with van der Waals surface area (Å²) >= 11 is 6.04. The van der Waals surface area contributed by atoms with E-state index >= 15 is 0 Å². The van der Waals surface area contributed by atoms with E-state index in [4.69, 9.17) is 11.6 Å². The van der Waals surface area contributed by atoms with E-state index in [1.807, 2.05) is 0 Å². The molecule has 1 heterocycles. The molecular formula is C18H13ClF2N4O. The standard InChI is InChI=1S/C18H13ClF2N4O/c1-10-12(19)3-2-4-14(10)25-18(26)16-8-17(23-9-22-16)24-15-6-5-11(20)7-13(15)21/h2-9H,1H3,(H,25,26)(H,22,23,24). The SMILES string of the molecule is Cc1c(Cl)cccc1NC(=O)c1cc(Nc2ccc(F)cc2F)ncn1.